The SMILES string of the molecule is CCCC(=O)N(CC(=O)Nc1ccc(C(=O)O)cc1)c1ccc(C)c(C)c1. The molecule has 0 saturated heterocycles. The lowest BCUT2D eigenvalue weighted by Crippen LogP contribution is -2.38. The highest BCUT2D eigenvalue weighted by Crippen LogP contribution is 2.20. The molecule has 0 atom stereocenters. The molecule has 2 aromatic rings. The Labute approximate surface area is 158 Å². The van der Waals surface area contributed by atoms with Crippen LogP contribution in [0.2, 0.25) is 0 Å². The Bertz CT molecular complexity index is 844. The molecule has 6 nitrogen and oxygen atoms in total. The van der Waals surface area contributed by atoms with Crippen molar-refractivity contribution in [2.24, 2.45) is 0 Å². The van der Waals surface area contributed by atoms with Crippen LogP contribution in [-0.4, -0.2) is 29.4 Å². The van der Waals surface area contributed by atoms with Crippen molar-refractivity contribution in [3.63, 3.8) is 0 Å². The maximum atomic E-state index is 12.5. The number of anilines is 2. The number of hydrogen-bond donors (Lipinski definition) is 2. The van der Waals surface area contributed by atoms with Crippen LogP contribution < -0.4 is 10.2 Å². The molecule has 0 fully saturated rings. The van der Waals surface area contributed by atoms with Gasteiger partial charge in [-0.1, -0.05) is 13.0 Å². The summed E-state index contributed by atoms with van der Waals surface area (Å²) in [6.07, 6.45) is 1.05. The van der Waals surface area contributed by atoms with Crippen LogP contribution in [0.3, 0.4) is 0 Å². The molecule has 142 valence electrons. The van der Waals surface area contributed by atoms with Gasteiger partial charge in [-0.25, -0.2) is 4.79 Å². The molecule has 2 amide bonds. The van der Waals surface area contributed by atoms with Crippen molar-refractivity contribution >= 4 is 29.2 Å². The van der Waals surface area contributed by atoms with Crippen LogP contribution in [0, 0.1) is 13.8 Å². The van der Waals surface area contributed by atoms with Crippen LogP contribution in [0.4, 0.5) is 11.4 Å². The van der Waals surface area contributed by atoms with E-state index < -0.39 is 5.97 Å². The standard InChI is InChI=1S/C21H24N2O4/c1-4-5-20(25)23(18-11-6-14(2)15(3)12-18)13-19(24)22-17-9-7-16(8-10-17)21(26)27/h6-12H,4-5,13H2,1-3H3,(H,22,24)(H,26,27). The summed E-state index contributed by atoms with van der Waals surface area (Å²) in [4.78, 5) is 37.4. The first-order chi connectivity index (χ1) is 12.8. The van der Waals surface area contributed by atoms with E-state index in [9.17, 15) is 14.4 Å². The Kier molecular flexibility index (Phi) is 6.71. The second-order valence-electron chi connectivity index (χ2n) is 6.43. The van der Waals surface area contributed by atoms with Crippen LogP contribution >= 0.6 is 0 Å². The number of carboxylic acid groups (broad SMARTS) is 1. The number of nitrogens with zero attached hydrogens (tertiary/aromatic N) is 1. The predicted molar refractivity (Wildman–Crippen MR) is 105 cm³/mol. The Morgan fingerprint density at radius 3 is 2.22 bits per heavy atom. The third-order valence-corrected chi connectivity index (χ3v) is 4.28. The summed E-state index contributed by atoms with van der Waals surface area (Å²) in [5.74, 6) is -1.49. The van der Waals surface area contributed by atoms with Gasteiger partial charge in [0.05, 0.1) is 5.56 Å². The van der Waals surface area contributed by atoms with Crippen LogP contribution in [-0.2, 0) is 9.59 Å². The van der Waals surface area contributed by atoms with E-state index in [1.54, 1.807) is 0 Å². The monoisotopic (exact) mass is 368 g/mol. The van der Waals surface area contributed by atoms with Gasteiger partial charge in [0, 0.05) is 17.8 Å². The number of carboxylic acids is 1. The van der Waals surface area contributed by atoms with E-state index in [4.69, 9.17) is 5.11 Å². The minimum absolute atomic E-state index is 0.109. The molecule has 0 aliphatic carbocycles. The third kappa shape index (κ3) is 5.41. The van der Waals surface area contributed by atoms with Crippen molar-refractivity contribution in [1.82, 2.24) is 0 Å². The number of carbonyl (C=O) groups excluding carboxylic acids is 2. The van der Waals surface area contributed by atoms with Gasteiger partial charge in [0.15, 0.2) is 0 Å². The summed E-state index contributed by atoms with van der Waals surface area (Å²) in [5, 5.41) is 11.6. The highest BCUT2D eigenvalue weighted by atomic mass is 16.4. The van der Waals surface area contributed by atoms with Crippen molar-refractivity contribution in [2.75, 3.05) is 16.8 Å². The molecule has 0 spiro atoms. The maximum absolute atomic E-state index is 12.5. The molecule has 0 saturated carbocycles. The second-order valence-corrected chi connectivity index (χ2v) is 6.43. The third-order valence-electron chi connectivity index (χ3n) is 4.28. The lowest BCUT2D eigenvalue weighted by Gasteiger charge is -2.23. The topological polar surface area (TPSA) is 86.7 Å². The molecule has 2 aromatic carbocycles. The molecule has 0 aromatic heterocycles. The van der Waals surface area contributed by atoms with E-state index in [1.807, 2.05) is 39.0 Å². The van der Waals surface area contributed by atoms with Crippen molar-refractivity contribution < 1.29 is 19.5 Å². The second kappa shape index (κ2) is 8.98. The van der Waals surface area contributed by atoms with Gasteiger partial charge in [-0.15, -0.1) is 0 Å². The van der Waals surface area contributed by atoms with Crippen molar-refractivity contribution in [3.8, 4) is 0 Å². The molecule has 2 rings (SSSR count). The number of carbonyl (C=O) groups is 3. The van der Waals surface area contributed by atoms with E-state index in [-0.39, 0.29) is 23.9 Å². The summed E-state index contributed by atoms with van der Waals surface area (Å²) in [5.41, 5.74) is 3.47. The zero-order valence-electron chi connectivity index (χ0n) is 15.8. The molecule has 0 radical (unpaired) electrons. The molecule has 0 aliphatic rings. The normalized spacial score (nSPS) is 10.3. The zero-order valence-corrected chi connectivity index (χ0v) is 15.8. The number of benzene rings is 2. The fraction of sp³-hybridized carbons (Fsp3) is 0.286. The van der Waals surface area contributed by atoms with Gasteiger partial charge < -0.3 is 15.3 Å². The highest BCUT2D eigenvalue weighted by Gasteiger charge is 2.19. The summed E-state index contributed by atoms with van der Waals surface area (Å²) >= 11 is 0. The van der Waals surface area contributed by atoms with E-state index in [0.717, 1.165) is 11.1 Å². The minimum Gasteiger partial charge on any atom is -0.478 e. The average molecular weight is 368 g/mol. The van der Waals surface area contributed by atoms with Gasteiger partial charge in [0.25, 0.3) is 0 Å². The molecule has 0 unspecified atom stereocenters. The van der Waals surface area contributed by atoms with E-state index in [2.05, 4.69) is 5.32 Å². The lowest BCUT2D eigenvalue weighted by atomic mass is 10.1. The smallest absolute Gasteiger partial charge is 0.335 e. The largest absolute Gasteiger partial charge is 0.478 e. The number of hydrogen-bond acceptors (Lipinski definition) is 3. The molecular formula is C21H24N2O4. The van der Waals surface area contributed by atoms with Crippen LogP contribution in [0.25, 0.3) is 0 Å². The Morgan fingerprint density at radius 2 is 1.67 bits per heavy atom. The first kappa shape index (κ1) is 20.2. The maximum Gasteiger partial charge on any atom is 0.335 e. The van der Waals surface area contributed by atoms with Gasteiger partial charge in [0.1, 0.15) is 6.54 Å². The highest BCUT2D eigenvalue weighted by molar-refractivity contribution is 6.02. The number of aryl methyl sites for hydroxylation is 2. The molecule has 0 bridgehead atoms. The van der Waals surface area contributed by atoms with Crippen molar-refractivity contribution in [3.05, 3.63) is 59.2 Å². The quantitative estimate of drug-likeness (QED) is 0.779. The number of nitrogens with one attached hydrogen (secondary N) is 1. The van der Waals surface area contributed by atoms with Gasteiger partial charge in [-0.2, -0.15) is 0 Å². The summed E-state index contributed by atoms with van der Waals surface area (Å²) in [6.45, 7) is 5.76. The zero-order chi connectivity index (χ0) is 20.0. The molecule has 2 N–H and O–H groups in total. The van der Waals surface area contributed by atoms with Crippen molar-refractivity contribution in [2.45, 2.75) is 33.6 Å². The van der Waals surface area contributed by atoms with Crippen LogP contribution in [0.15, 0.2) is 42.5 Å². The summed E-state index contributed by atoms with van der Waals surface area (Å²) in [7, 11) is 0. The molecule has 27 heavy (non-hydrogen) atoms. The average Bonchev–Trinajstić information content (AvgIpc) is 2.62. The van der Waals surface area contributed by atoms with E-state index >= 15 is 0 Å². The number of amides is 2. The van der Waals surface area contributed by atoms with Crippen molar-refractivity contribution in [1.29, 1.82) is 0 Å². The van der Waals surface area contributed by atoms with Crippen LogP contribution in [0.1, 0.15) is 41.3 Å². The Morgan fingerprint density at radius 1 is 1.00 bits per heavy atom. The predicted octanol–water partition coefficient (Wildman–Crippen LogP) is 3.77. The summed E-state index contributed by atoms with van der Waals surface area (Å²) < 4.78 is 0. The molecule has 0 aliphatic heterocycles. The van der Waals surface area contributed by atoms with Gasteiger partial charge in [0.2, 0.25) is 11.8 Å². The first-order valence-corrected chi connectivity index (χ1v) is 8.82. The molecule has 0 heterocycles. The van der Waals surface area contributed by atoms with E-state index in [0.29, 0.717) is 24.2 Å². The number of rotatable bonds is 7. The Hall–Kier alpha value is -3.15. The number of aromatic carboxylic acids is 1. The van der Waals surface area contributed by atoms with Crippen LogP contribution in [0.5, 0.6) is 0 Å². The molecule has 6 heteroatoms. The van der Waals surface area contributed by atoms with Gasteiger partial charge in [-0.3, -0.25) is 9.59 Å². The van der Waals surface area contributed by atoms with E-state index in [1.165, 1.54) is 29.2 Å². The van der Waals surface area contributed by atoms with Gasteiger partial charge in [-0.05, 0) is 67.8 Å². The minimum atomic E-state index is -1.03. The van der Waals surface area contributed by atoms with Gasteiger partial charge >= 0.3 is 5.97 Å². The molecular weight excluding hydrogens is 344 g/mol. The first-order valence-electron chi connectivity index (χ1n) is 8.82. The fourth-order valence-electron chi connectivity index (χ4n) is 2.61. The summed E-state index contributed by atoms with van der Waals surface area (Å²) in [6, 6.07) is 11.6. The lowest BCUT2D eigenvalue weighted by molar-refractivity contribution is -0.121. The fourth-order valence-corrected chi connectivity index (χ4v) is 2.61. The Balaban J connectivity index is 2.16.